The Hall–Kier alpha value is -1.56. The van der Waals surface area contributed by atoms with Crippen molar-refractivity contribution in [1.29, 1.82) is 0 Å². The molecule has 0 aliphatic carbocycles. The quantitative estimate of drug-likeness (QED) is 0.850. The average molecular weight is 312 g/mol. The Morgan fingerprint density at radius 2 is 2.14 bits per heavy atom. The third-order valence-electron chi connectivity index (χ3n) is 3.44. The number of para-hydroxylation sites is 1. The van der Waals surface area contributed by atoms with Crippen LogP contribution in [-0.4, -0.2) is 49.1 Å². The van der Waals surface area contributed by atoms with Gasteiger partial charge in [0.25, 0.3) is 0 Å². The van der Waals surface area contributed by atoms with Crippen LogP contribution < -0.4 is 5.73 Å². The number of H-pyrrole nitrogens is 1. The Kier molecular flexibility index (Phi) is 6.68. The van der Waals surface area contributed by atoms with Gasteiger partial charge in [0.2, 0.25) is 5.91 Å². The van der Waals surface area contributed by atoms with Crippen molar-refractivity contribution in [2.45, 2.75) is 12.5 Å². The van der Waals surface area contributed by atoms with Crippen molar-refractivity contribution >= 4 is 29.2 Å². The van der Waals surface area contributed by atoms with Crippen molar-refractivity contribution in [3.63, 3.8) is 0 Å². The number of methoxy groups -OCH3 is 1. The molecule has 0 aliphatic heterocycles. The fourth-order valence-electron chi connectivity index (χ4n) is 2.25. The Morgan fingerprint density at radius 1 is 1.43 bits per heavy atom. The van der Waals surface area contributed by atoms with Gasteiger partial charge in [-0.25, -0.2) is 0 Å². The summed E-state index contributed by atoms with van der Waals surface area (Å²) in [6.45, 7) is 1.07. The maximum atomic E-state index is 12.1. The van der Waals surface area contributed by atoms with Crippen LogP contribution in [0.5, 0.6) is 0 Å². The second-order valence-electron chi connectivity index (χ2n) is 4.92. The summed E-state index contributed by atoms with van der Waals surface area (Å²) in [5, 5.41) is 1.12. The first-order chi connectivity index (χ1) is 9.63. The molecule has 0 fully saturated rings. The van der Waals surface area contributed by atoms with Gasteiger partial charge in [-0.05, 0) is 18.1 Å². The van der Waals surface area contributed by atoms with Crippen LogP contribution in [0.15, 0.2) is 30.5 Å². The predicted octanol–water partition coefficient (Wildman–Crippen LogP) is 1.56. The van der Waals surface area contributed by atoms with Crippen LogP contribution in [0.25, 0.3) is 10.9 Å². The van der Waals surface area contributed by atoms with Gasteiger partial charge in [0, 0.05) is 37.8 Å². The summed E-state index contributed by atoms with van der Waals surface area (Å²) in [4.78, 5) is 17.0. The number of nitrogens with one attached hydrogen (secondary N) is 1. The molecule has 1 amide bonds. The first-order valence-electron chi connectivity index (χ1n) is 6.68. The topological polar surface area (TPSA) is 71.3 Å². The predicted molar refractivity (Wildman–Crippen MR) is 86.7 cm³/mol. The van der Waals surface area contributed by atoms with Crippen LogP contribution in [0.1, 0.15) is 5.56 Å². The number of nitrogens with zero attached hydrogens (tertiary/aromatic N) is 1. The zero-order valence-electron chi connectivity index (χ0n) is 12.3. The van der Waals surface area contributed by atoms with Gasteiger partial charge in [0.15, 0.2) is 0 Å². The molecular weight excluding hydrogens is 290 g/mol. The van der Waals surface area contributed by atoms with E-state index < -0.39 is 6.04 Å². The molecule has 0 saturated heterocycles. The lowest BCUT2D eigenvalue weighted by Crippen LogP contribution is -2.44. The fourth-order valence-corrected chi connectivity index (χ4v) is 2.25. The molecule has 0 spiro atoms. The Bertz CT molecular complexity index is 585. The zero-order valence-corrected chi connectivity index (χ0v) is 13.2. The average Bonchev–Trinajstić information content (AvgIpc) is 2.87. The number of halogens is 1. The van der Waals surface area contributed by atoms with Gasteiger partial charge in [0.1, 0.15) is 0 Å². The summed E-state index contributed by atoms with van der Waals surface area (Å²) in [7, 11) is 3.36. The molecule has 1 heterocycles. The Labute approximate surface area is 130 Å². The summed E-state index contributed by atoms with van der Waals surface area (Å²) in [6, 6.07) is 7.48. The van der Waals surface area contributed by atoms with Crippen LogP contribution in [0.4, 0.5) is 0 Å². The number of likely N-dealkylation sites (N-methyl/N-ethyl adjacent to an activating group) is 1. The van der Waals surface area contributed by atoms with Crippen LogP contribution in [0, 0.1) is 0 Å². The van der Waals surface area contributed by atoms with Crippen molar-refractivity contribution in [3.8, 4) is 0 Å². The highest BCUT2D eigenvalue weighted by Gasteiger charge is 2.19. The molecule has 0 saturated carbocycles. The van der Waals surface area contributed by atoms with Gasteiger partial charge >= 0.3 is 0 Å². The number of ether oxygens (including phenoxy) is 1. The minimum atomic E-state index is -0.531. The largest absolute Gasteiger partial charge is 0.383 e. The van der Waals surface area contributed by atoms with Gasteiger partial charge in [-0.2, -0.15) is 0 Å². The lowest BCUT2D eigenvalue weighted by atomic mass is 10.0. The van der Waals surface area contributed by atoms with E-state index in [1.54, 1.807) is 19.1 Å². The second kappa shape index (κ2) is 8.02. The molecule has 0 unspecified atom stereocenters. The summed E-state index contributed by atoms with van der Waals surface area (Å²) in [5.41, 5.74) is 8.16. The van der Waals surface area contributed by atoms with Crippen molar-refractivity contribution in [3.05, 3.63) is 36.0 Å². The highest BCUT2D eigenvalue weighted by atomic mass is 35.5. The zero-order chi connectivity index (χ0) is 14.5. The molecule has 21 heavy (non-hydrogen) atoms. The summed E-state index contributed by atoms with van der Waals surface area (Å²) < 4.78 is 4.97. The standard InChI is InChI=1S/C15H21N3O2.ClH/c1-18(7-8-20-2)15(19)13(16)9-11-10-17-14-6-4-3-5-12(11)14;/h3-6,10,13,17H,7-9,16H2,1-2H3;1H/t13-;/m0./s1. The fraction of sp³-hybridized carbons (Fsp3) is 0.400. The van der Waals surface area contributed by atoms with Gasteiger partial charge in [-0.15, -0.1) is 12.4 Å². The molecular formula is C15H22ClN3O2. The van der Waals surface area contributed by atoms with Crippen LogP contribution >= 0.6 is 12.4 Å². The van der Waals surface area contributed by atoms with E-state index in [2.05, 4.69) is 4.98 Å². The molecule has 116 valence electrons. The molecule has 1 aromatic carbocycles. The van der Waals surface area contributed by atoms with Crippen molar-refractivity contribution in [1.82, 2.24) is 9.88 Å². The van der Waals surface area contributed by atoms with Crippen LogP contribution in [-0.2, 0) is 16.0 Å². The molecule has 0 radical (unpaired) electrons. The number of aromatic amines is 1. The van der Waals surface area contributed by atoms with E-state index in [0.717, 1.165) is 16.5 Å². The molecule has 5 nitrogen and oxygen atoms in total. The number of benzene rings is 1. The third kappa shape index (κ3) is 4.20. The molecule has 2 rings (SSSR count). The normalized spacial score (nSPS) is 12.0. The van der Waals surface area contributed by atoms with E-state index in [1.807, 2.05) is 30.5 Å². The van der Waals surface area contributed by atoms with Crippen LogP contribution in [0.3, 0.4) is 0 Å². The van der Waals surface area contributed by atoms with Gasteiger partial charge < -0.3 is 20.4 Å². The molecule has 1 atom stereocenters. The first kappa shape index (κ1) is 17.5. The monoisotopic (exact) mass is 311 g/mol. The molecule has 0 bridgehead atoms. The maximum Gasteiger partial charge on any atom is 0.239 e. The smallest absolute Gasteiger partial charge is 0.239 e. The molecule has 6 heteroatoms. The minimum absolute atomic E-state index is 0. The Balaban J connectivity index is 0.00000220. The number of carbonyl (C=O) groups is 1. The highest BCUT2D eigenvalue weighted by Crippen LogP contribution is 2.18. The number of amides is 1. The molecule has 2 aromatic rings. The Morgan fingerprint density at radius 3 is 2.86 bits per heavy atom. The number of rotatable bonds is 6. The third-order valence-corrected chi connectivity index (χ3v) is 3.44. The second-order valence-corrected chi connectivity index (χ2v) is 4.92. The van der Waals surface area contributed by atoms with Gasteiger partial charge in [-0.3, -0.25) is 4.79 Å². The van der Waals surface area contributed by atoms with Crippen molar-refractivity contribution < 1.29 is 9.53 Å². The van der Waals surface area contributed by atoms with Crippen LogP contribution in [0.2, 0.25) is 0 Å². The summed E-state index contributed by atoms with van der Waals surface area (Å²) >= 11 is 0. The number of aromatic nitrogens is 1. The maximum absolute atomic E-state index is 12.1. The molecule has 3 N–H and O–H groups in total. The van der Waals surface area contributed by atoms with Gasteiger partial charge in [0.05, 0.1) is 12.6 Å². The van der Waals surface area contributed by atoms with E-state index in [9.17, 15) is 4.79 Å². The molecule has 1 aromatic heterocycles. The SMILES string of the molecule is COCCN(C)C(=O)[C@@H](N)Cc1c[nH]c2ccccc12.Cl. The lowest BCUT2D eigenvalue weighted by molar-refractivity contribution is -0.131. The number of fused-ring (bicyclic) bond motifs is 1. The number of hydrogen-bond donors (Lipinski definition) is 2. The number of nitrogens with two attached hydrogens (primary N) is 1. The van der Waals surface area contributed by atoms with E-state index in [1.165, 1.54) is 0 Å². The minimum Gasteiger partial charge on any atom is -0.383 e. The highest BCUT2D eigenvalue weighted by molar-refractivity contribution is 5.86. The van der Waals surface area contributed by atoms with E-state index in [0.29, 0.717) is 19.6 Å². The van der Waals surface area contributed by atoms with Crippen molar-refractivity contribution in [2.75, 3.05) is 27.3 Å². The van der Waals surface area contributed by atoms with Gasteiger partial charge in [-0.1, -0.05) is 18.2 Å². The first-order valence-corrected chi connectivity index (χ1v) is 6.68. The van der Waals surface area contributed by atoms with E-state index in [4.69, 9.17) is 10.5 Å². The number of hydrogen-bond acceptors (Lipinski definition) is 3. The summed E-state index contributed by atoms with van der Waals surface area (Å²) in [6.07, 6.45) is 2.45. The van der Waals surface area contributed by atoms with E-state index >= 15 is 0 Å². The number of carbonyl (C=O) groups excluding carboxylic acids is 1. The summed E-state index contributed by atoms with van der Waals surface area (Å²) in [5.74, 6) is -0.0627. The molecule has 0 aliphatic rings. The lowest BCUT2D eigenvalue weighted by Gasteiger charge is -2.20. The van der Waals surface area contributed by atoms with Crippen molar-refractivity contribution in [2.24, 2.45) is 5.73 Å². The van der Waals surface area contributed by atoms with E-state index in [-0.39, 0.29) is 18.3 Å².